The van der Waals surface area contributed by atoms with Crippen molar-refractivity contribution >= 4 is 15.9 Å². The average Bonchev–Trinajstić information content (AvgIpc) is 2.25. The van der Waals surface area contributed by atoms with Crippen LogP contribution in [-0.4, -0.2) is 4.98 Å². The van der Waals surface area contributed by atoms with Crippen molar-refractivity contribution in [3.63, 3.8) is 0 Å². The molecule has 0 aliphatic heterocycles. The Morgan fingerprint density at radius 3 is 2.47 bits per heavy atom. The number of benzene rings is 1. The highest BCUT2D eigenvalue weighted by molar-refractivity contribution is 9.10. The van der Waals surface area contributed by atoms with Gasteiger partial charge >= 0.3 is 0 Å². The molecular weight excluding hydrogens is 254 g/mol. The first-order chi connectivity index (χ1) is 7.25. The van der Waals surface area contributed by atoms with Gasteiger partial charge in [0.05, 0.1) is 5.69 Å². The molecule has 0 saturated heterocycles. The minimum absolute atomic E-state index is 0.613. The highest BCUT2D eigenvalue weighted by atomic mass is 79.9. The number of ether oxygens (including phenoxy) is 1. The second kappa shape index (κ2) is 4.45. The number of aromatic nitrogens is 1. The normalized spacial score (nSPS) is 10.0. The Morgan fingerprint density at radius 1 is 1.07 bits per heavy atom. The van der Waals surface area contributed by atoms with Gasteiger partial charge in [0.2, 0.25) is 5.88 Å². The number of pyridine rings is 1. The summed E-state index contributed by atoms with van der Waals surface area (Å²) in [4.78, 5) is 4.30. The van der Waals surface area contributed by atoms with Gasteiger partial charge in [0, 0.05) is 10.5 Å². The summed E-state index contributed by atoms with van der Waals surface area (Å²) in [5.41, 5.74) is 0.920. The van der Waals surface area contributed by atoms with E-state index in [0.717, 1.165) is 15.9 Å². The van der Waals surface area contributed by atoms with Gasteiger partial charge in [-0.3, -0.25) is 0 Å². The molecule has 2 rings (SSSR count). The first-order valence-corrected chi connectivity index (χ1v) is 5.41. The predicted octanol–water partition coefficient (Wildman–Crippen LogP) is 3.94. The predicted molar refractivity (Wildman–Crippen MR) is 63.2 cm³/mol. The van der Waals surface area contributed by atoms with Crippen molar-refractivity contribution in [3.05, 3.63) is 52.6 Å². The van der Waals surface area contributed by atoms with Gasteiger partial charge in [0.15, 0.2) is 0 Å². The molecule has 1 aromatic heterocycles. The Morgan fingerprint density at radius 2 is 1.80 bits per heavy atom. The van der Waals surface area contributed by atoms with E-state index in [2.05, 4.69) is 20.9 Å². The summed E-state index contributed by atoms with van der Waals surface area (Å²) < 4.78 is 6.57. The molecule has 3 heteroatoms. The maximum atomic E-state index is 5.58. The Balaban J connectivity index is 2.22. The van der Waals surface area contributed by atoms with Crippen molar-refractivity contribution in [1.82, 2.24) is 4.98 Å². The zero-order valence-electron chi connectivity index (χ0n) is 8.27. The summed E-state index contributed by atoms with van der Waals surface area (Å²) >= 11 is 3.40. The molecule has 0 saturated carbocycles. The van der Waals surface area contributed by atoms with Crippen LogP contribution in [0.4, 0.5) is 0 Å². The molecule has 0 amide bonds. The highest BCUT2D eigenvalue weighted by Gasteiger charge is 2.00. The quantitative estimate of drug-likeness (QED) is 0.819. The average molecular weight is 264 g/mol. The molecule has 0 N–H and O–H groups in total. The molecule has 0 bridgehead atoms. The van der Waals surface area contributed by atoms with E-state index in [1.807, 2.05) is 49.4 Å². The summed E-state index contributed by atoms with van der Waals surface area (Å²) in [6, 6.07) is 13.4. The van der Waals surface area contributed by atoms with Gasteiger partial charge in [-0.2, -0.15) is 0 Å². The topological polar surface area (TPSA) is 22.1 Å². The summed E-state index contributed by atoms with van der Waals surface area (Å²) in [7, 11) is 0. The Kier molecular flexibility index (Phi) is 3.02. The van der Waals surface area contributed by atoms with Gasteiger partial charge in [-0.15, -0.1) is 0 Å². The van der Waals surface area contributed by atoms with E-state index >= 15 is 0 Å². The second-order valence-electron chi connectivity index (χ2n) is 3.13. The van der Waals surface area contributed by atoms with Crippen LogP contribution in [0.2, 0.25) is 0 Å². The lowest BCUT2D eigenvalue weighted by atomic mass is 10.3. The van der Waals surface area contributed by atoms with Gasteiger partial charge in [0.25, 0.3) is 0 Å². The lowest BCUT2D eigenvalue weighted by Crippen LogP contribution is -1.90. The second-order valence-corrected chi connectivity index (χ2v) is 3.99. The molecule has 0 atom stereocenters. The summed E-state index contributed by atoms with van der Waals surface area (Å²) in [5.74, 6) is 1.41. The van der Waals surface area contributed by atoms with Crippen LogP contribution in [0.1, 0.15) is 5.69 Å². The van der Waals surface area contributed by atoms with Gasteiger partial charge in [0.1, 0.15) is 5.75 Å². The number of hydrogen-bond acceptors (Lipinski definition) is 2. The van der Waals surface area contributed by atoms with E-state index in [4.69, 9.17) is 4.74 Å². The van der Waals surface area contributed by atoms with E-state index in [0.29, 0.717) is 5.88 Å². The number of hydrogen-bond donors (Lipinski definition) is 0. The maximum Gasteiger partial charge on any atom is 0.219 e. The van der Waals surface area contributed by atoms with E-state index in [1.54, 1.807) is 0 Å². The first kappa shape index (κ1) is 10.2. The number of nitrogens with zero attached hydrogens (tertiary/aromatic N) is 1. The minimum atomic E-state index is 0.613. The fraction of sp³-hybridized carbons (Fsp3) is 0.0833. The molecule has 15 heavy (non-hydrogen) atoms. The van der Waals surface area contributed by atoms with Gasteiger partial charge in [-0.1, -0.05) is 18.2 Å². The first-order valence-electron chi connectivity index (χ1n) is 4.62. The number of halogens is 1. The van der Waals surface area contributed by atoms with Crippen LogP contribution in [0.25, 0.3) is 0 Å². The van der Waals surface area contributed by atoms with E-state index in [-0.39, 0.29) is 0 Å². The highest BCUT2D eigenvalue weighted by Crippen LogP contribution is 2.22. The number of para-hydroxylation sites is 1. The summed E-state index contributed by atoms with van der Waals surface area (Å²) in [6.45, 7) is 1.93. The molecule has 1 heterocycles. The minimum Gasteiger partial charge on any atom is -0.439 e. The Labute approximate surface area is 97.1 Å². The third kappa shape index (κ3) is 2.57. The van der Waals surface area contributed by atoms with E-state index < -0.39 is 0 Å². The van der Waals surface area contributed by atoms with Crippen molar-refractivity contribution in [1.29, 1.82) is 0 Å². The fourth-order valence-electron chi connectivity index (χ4n) is 1.19. The van der Waals surface area contributed by atoms with Gasteiger partial charge in [-0.25, -0.2) is 4.98 Å². The van der Waals surface area contributed by atoms with Crippen LogP contribution in [0, 0.1) is 6.92 Å². The van der Waals surface area contributed by atoms with E-state index in [9.17, 15) is 0 Å². The Hall–Kier alpha value is -1.35. The third-order valence-electron chi connectivity index (χ3n) is 1.96. The molecule has 0 fully saturated rings. The molecule has 0 spiro atoms. The van der Waals surface area contributed by atoms with Gasteiger partial charge < -0.3 is 4.74 Å². The zero-order valence-corrected chi connectivity index (χ0v) is 9.86. The smallest absolute Gasteiger partial charge is 0.219 e. The molecule has 0 aliphatic rings. The lowest BCUT2D eigenvalue weighted by molar-refractivity contribution is 0.461. The molecule has 76 valence electrons. The van der Waals surface area contributed by atoms with Crippen molar-refractivity contribution in [2.75, 3.05) is 0 Å². The van der Waals surface area contributed by atoms with Crippen LogP contribution < -0.4 is 4.74 Å². The molecule has 0 unspecified atom stereocenters. The molecular formula is C12H10BrNO. The SMILES string of the molecule is Cc1nc(Oc2ccccc2)ccc1Br. The van der Waals surface area contributed by atoms with Crippen molar-refractivity contribution in [2.24, 2.45) is 0 Å². The van der Waals surface area contributed by atoms with Crippen molar-refractivity contribution in [3.8, 4) is 11.6 Å². The van der Waals surface area contributed by atoms with Crippen LogP contribution in [0.15, 0.2) is 46.9 Å². The monoisotopic (exact) mass is 263 g/mol. The van der Waals surface area contributed by atoms with Crippen LogP contribution >= 0.6 is 15.9 Å². The largest absolute Gasteiger partial charge is 0.439 e. The third-order valence-corrected chi connectivity index (χ3v) is 2.80. The standard InChI is InChI=1S/C12H10BrNO/c1-9-11(13)7-8-12(14-9)15-10-5-3-2-4-6-10/h2-8H,1H3. The molecule has 1 aromatic carbocycles. The maximum absolute atomic E-state index is 5.58. The summed E-state index contributed by atoms with van der Waals surface area (Å²) in [6.07, 6.45) is 0. The Bertz CT molecular complexity index is 456. The molecule has 2 aromatic rings. The number of aryl methyl sites for hydroxylation is 1. The lowest BCUT2D eigenvalue weighted by Gasteiger charge is -2.05. The van der Waals surface area contributed by atoms with Gasteiger partial charge in [-0.05, 0) is 41.1 Å². The molecule has 0 aliphatic carbocycles. The van der Waals surface area contributed by atoms with Crippen LogP contribution in [0.5, 0.6) is 11.6 Å². The number of rotatable bonds is 2. The van der Waals surface area contributed by atoms with Crippen LogP contribution in [-0.2, 0) is 0 Å². The van der Waals surface area contributed by atoms with E-state index in [1.165, 1.54) is 0 Å². The van der Waals surface area contributed by atoms with Crippen molar-refractivity contribution in [2.45, 2.75) is 6.92 Å². The zero-order chi connectivity index (χ0) is 10.7. The molecule has 2 nitrogen and oxygen atoms in total. The molecule has 0 radical (unpaired) electrons. The van der Waals surface area contributed by atoms with Crippen molar-refractivity contribution < 1.29 is 4.74 Å². The summed E-state index contributed by atoms with van der Waals surface area (Å²) in [5, 5.41) is 0. The van der Waals surface area contributed by atoms with Crippen LogP contribution in [0.3, 0.4) is 0 Å². The fourth-order valence-corrected chi connectivity index (χ4v) is 1.41.